The second-order valence-corrected chi connectivity index (χ2v) is 6.44. The number of hydrogen-bond acceptors (Lipinski definition) is 3. The Hall–Kier alpha value is -2.07. The summed E-state index contributed by atoms with van der Waals surface area (Å²) in [7, 11) is 0. The highest BCUT2D eigenvalue weighted by Gasteiger charge is 2.16. The number of amides is 1. The molecule has 4 heteroatoms. The highest BCUT2D eigenvalue weighted by molar-refractivity contribution is 5.94. The zero-order chi connectivity index (χ0) is 16.1. The van der Waals surface area contributed by atoms with Crippen LogP contribution in [0.15, 0.2) is 47.1 Å². The first-order valence-electron chi connectivity index (χ1n) is 8.32. The van der Waals surface area contributed by atoms with Gasteiger partial charge in [-0.05, 0) is 55.1 Å². The molecule has 1 aliphatic heterocycles. The number of likely N-dealkylation sites (tertiary alicyclic amines) is 1. The maximum absolute atomic E-state index is 12.1. The standard InChI is InChI=1S/C19H24N2O2/c1-15-4-2-10-21(13-15)14-16-6-8-17(9-7-16)19(22)20-12-18-5-3-11-23-18/h3,5-9,11,15H,2,4,10,12-14H2,1H3,(H,20,22)/t15-/m0/s1. The average molecular weight is 312 g/mol. The van der Waals surface area contributed by atoms with Crippen molar-refractivity contribution in [2.75, 3.05) is 13.1 Å². The number of nitrogens with one attached hydrogen (secondary N) is 1. The van der Waals surface area contributed by atoms with E-state index in [0.29, 0.717) is 12.1 Å². The van der Waals surface area contributed by atoms with Crippen molar-refractivity contribution in [1.29, 1.82) is 0 Å². The third-order valence-electron chi connectivity index (χ3n) is 4.37. The Morgan fingerprint density at radius 2 is 2.13 bits per heavy atom. The molecule has 1 N–H and O–H groups in total. The Balaban J connectivity index is 1.52. The molecule has 23 heavy (non-hydrogen) atoms. The molecule has 1 atom stereocenters. The van der Waals surface area contributed by atoms with Crippen LogP contribution in [-0.2, 0) is 13.1 Å². The minimum atomic E-state index is -0.0699. The van der Waals surface area contributed by atoms with E-state index in [1.165, 1.54) is 31.5 Å². The van der Waals surface area contributed by atoms with Gasteiger partial charge in [-0.25, -0.2) is 0 Å². The summed E-state index contributed by atoms with van der Waals surface area (Å²) in [5.74, 6) is 1.48. The molecule has 2 heterocycles. The van der Waals surface area contributed by atoms with Crippen LogP contribution in [0.1, 0.15) is 41.4 Å². The third-order valence-corrected chi connectivity index (χ3v) is 4.37. The van der Waals surface area contributed by atoms with Gasteiger partial charge in [0.1, 0.15) is 5.76 Å². The average Bonchev–Trinajstić information content (AvgIpc) is 3.07. The van der Waals surface area contributed by atoms with Crippen LogP contribution in [0.25, 0.3) is 0 Å². The zero-order valence-corrected chi connectivity index (χ0v) is 13.6. The minimum absolute atomic E-state index is 0.0699. The van der Waals surface area contributed by atoms with Crippen molar-refractivity contribution in [2.45, 2.75) is 32.9 Å². The van der Waals surface area contributed by atoms with Gasteiger partial charge < -0.3 is 9.73 Å². The number of carbonyl (C=O) groups is 1. The molecule has 3 rings (SSSR count). The van der Waals surface area contributed by atoms with Crippen molar-refractivity contribution in [1.82, 2.24) is 10.2 Å². The lowest BCUT2D eigenvalue weighted by Crippen LogP contribution is -2.33. The summed E-state index contributed by atoms with van der Waals surface area (Å²) in [5, 5.41) is 2.86. The third kappa shape index (κ3) is 4.45. The second kappa shape index (κ2) is 7.47. The number of furan rings is 1. The molecule has 1 aromatic heterocycles. The number of carbonyl (C=O) groups excluding carboxylic acids is 1. The molecule has 0 saturated carbocycles. The molecule has 0 spiro atoms. The summed E-state index contributed by atoms with van der Waals surface area (Å²) < 4.78 is 5.21. The van der Waals surface area contributed by atoms with Crippen LogP contribution in [0.3, 0.4) is 0 Å². The quantitative estimate of drug-likeness (QED) is 0.920. The van der Waals surface area contributed by atoms with E-state index >= 15 is 0 Å². The molecule has 1 saturated heterocycles. The lowest BCUT2D eigenvalue weighted by Gasteiger charge is -2.30. The molecule has 4 nitrogen and oxygen atoms in total. The molecule has 0 aliphatic carbocycles. The van der Waals surface area contributed by atoms with Gasteiger partial charge in [-0.15, -0.1) is 0 Å². The summed E-state index contributed by atoms with van der Waals surface area (Å²) >= 11 is 0. The molecule has 2 aromatic rings. The molecule has 0 radical (unpaired) electrons. The predicted molar refractivity (Wildman–Crippen MR) is 90.0 cm³/mol. The molecule has 1 aliphatic rings. The fourth-order valence-corrected chi connectivity index (χ4v) is 3.13. The van der Waals surface area contributed by atoms with E-state index in [4.69, 9.17) is 4.42 Å². The van der Waals surface area contributed by atoms with Crippen molar-refractivity contribution in [3.8, 4) is 0 Å². The van der Waals surface area contributed by atoms with Crippen LogP contribution in [-0.4, -0.2) is 23.9 Å². The van der Waals surface area contributed by atoms with Gasteiger partial charge in [-0.1, -0.05) is 19.1 Å². The van der Waals surface area contributed by atoms with E-state index in [1.54, 1.807) is 6.26 Å². The smallest absolute Gasteiger partial charge is 0.251 e. The van der Waals surface area contributed by atoms with E-state index < -0.39 is 0 Å². The van der Waals surface area contributed by atoms with Gasteiger partial charge in [0, 0.05) is 18.7 Å². The Labute approximate surface area is 137 Å². The highest BCUT2D eigenvalue weighted by atomic mass is 16.3. The molecular weight excluding hydrogens is 288 g/mol. The molecule has 1 amide bonds. The van der Waals surface area contributed by atoms with Crippen LogP contribution in [0.2, 0.25) is 0 Å². The van der Waals surface area contributed by atoms with E-state index in [-0.39, 0.29) is 5.91 Å². The number of hydrogen-bond donors (Lipinski definition) is 1. The van der Waals surface area contributed by atoms with Gasteiger partial charge in [0.2, 0.25) is 0 Å². The number of benzene rings is 1. The second-order valence-electron chi connectivity index (χ2n) is 6.44. The number of nitrogens with zero attached hydrogens (tertiary/aromatic N) is 1. The summed E-state index contributed by atoms with van der Waals surface area (Å²) in [6.45, 7) is 6.05. The van der Waals surface area contributed by atoms with E-state index in [9.17, 15) is 4.79 Å². The van der Waals surface area contributed by atoms with Crippen LogP contribution >= 0.6 is 0 Å². The lowest BCUT2D eigenvalue weighted by atomic mass is 9.99. The SMILES string of the molecule is C[C@H]1CCCN(Cc2ccc(C(=O)NCc3ccco3)cc2)C1. The van der Waals surface area contributed by atoms with E-state index in [0.717, 1.165) is 18.2 Å². The zero-order valence-electron chi connectivity index (χ0n) is 13.6. The maximum Gasteiger partial charge on any atom is 0.251 e. The van der Waals surface area contributed by atoms with Crippen molar-refractivity contribution in [3.63, 3.8) is 0 Å². The van der Waals surface area contributed by atoms with Gasteiger partial charge in [0.15, 0.2) is 0 Å². The fourth-order valence-electron chi connectivity index (χ4n) is 3.13. The van der Waals surface area contributed by atoms with Crippen LogP contribution in [0, 0.1) is 5.92 Å². The predicted octanol–water partition coefficient (Wildman–Crippen LogP) is 3.44. The van der Waals surface area contributed by atoms with Crippen molar-refractivity contribution in [3.05, 3.63) is 59.5 Å². The Kier molecular flexibility index (Phi) is 5.13. The minimum Gasteiger partial charge on any atom is -0.467 e. The molecule has 1 fully saturated rings. The molecule has 122 valence electrons. The Bertz CT molecular complexity index is 619. The van der Waals surface area contributed by atoms with Crippen molar-refractivity contribution < 1.29 is 9.21 Å². The fraction of sp³-hybridized carbons (Fsp3) is 0.421. The molecule has 1 aromatic carbocycles. The van der Waals surface area contributed by atoms with Gasteiger partial charge in [-0.3, -0.25) is 9.69 Å². The lowest BCUT2D eigenvalue weighted by molar-refractivity contribution is 0.0948. The van der Waals surface area contributed by atoms with Gasteiger partial charge in [0.25, 0.3) is 5.91 Å². The van der Waals surface area contributed by atoms with Crippen LogP contribution in [0.5, 0.6) is 0 Å². The summed E-state index contributed by atoms with van der Waals surface area (Å²) in [6.07, 6.45) is 4.23. The highest BCUT2D eigenvalue weighted by Crippen LogP contribution is 2.18. The van der Waals surface area contributed by atoms with Crippen LogP contribution in [0.4, 0.5) is 0 Å². The van der Waals surface area contributed by atoms with Gasteiger partial charge in [0.05, 0.1) is 12.8 Å². The topological polar surface area (TPSA) is 45.5 Å². The largest absolute Gasteiger partial charge is 0.467 e. The first kappa shape index (κ1) is 15.8. The van der Waals surface area contributed by atoms with Crippen LogP contribution < -0.4 is 5.32 Å². The molecule has 0 unspecified atom stereocenters. The van der Waals surface area contributed by atoms with Gasteiger partial charge in [-0.2, -0.15) is 0 Å². The summed E-state index contributed by atoms with van der Waals surface area (Å²) in [6, 6.07) is 11.6. The maximum atomic E-state index is 12.1. The van der Waals surface area contributed by atoms with E-state index in [2.05, 4.69) is 29.3 Å². The Morgan fingerprint density at radius 1 is 1.30 bits per heavy atom. The number of rotatable bonds is 5. The first-order chi connectivity index (χ1) is 11.2. The molecule has 0 bridgehead atoms. The van der Waals surface area contributed by atoms with Crippen molar-refractivity contribution >= 4 is 5.91 Å². The van der Waals surface area contributed by atoms with E-state index in [1.807, 2.05) is 24.3 Å². The number of piperidine rings is 1. The summed E-state index contributed by atoms with van der Waals surface area (Å²) in [4.78, 5) is 14.6. The van der Waals surface area contributed by atoms with Crippen molar-refractivity contribution in [2.24, 2.45) is 5.92 Å². The molecular formula is C19H24N2O2. The Morgan fingerprint density at radius 3 is 2.83 bits per heavy atom. The summed E-state index contributed by atoms with van der Waals surface area (Å²) in [5.41, 5.74) is 1.95. The first-order valence-corrected chi connectivity index (χ1v) is 8.32. The monoisotopic (exact) mass is 312 g/mol. The van der Waals surface area contributed by atoms with Gasteiger partial charge >= 0.3 is 0 Å². The normalized spacial score (nSPS) is 18.7.